The van der Waals surface area contributed by atoms with E-state index in [-0.39, 0.29) is 5.75 Å². The average molecular weight is 536 g/mol. The van der Waals surface area contributed by atoms with Crippen LogP contribution in [-0.2, 0) is 0 Å². The van der Waals surface area contributed by atoms with Gasteiger partial charge in [0, 0.05) is 41.3 Å². The van der Waals surface area contributed by atoms with Gasteiger partial charge in [-0.05, 0) is 73.5 Å². The van der Waals surface area contributed by atoms with Crippen LogP contribution in [0.4, 0.5) is 4.39 Å². The fraction of sp³-hybridized carbons (Fsp3) is 0.200. The van der Waals surface area contributed by atoms with Crippen LogP contribution in [0.25, 0.3) is 55.7 Å². The number of hydrogen-bond acceptors (Lipinski definition) is 7. The second-order valence-corrected chi connectivity index (χ2v) is 10.00. The van der Waals surface area contributed by atoms with Gasteiger partial charge in [0.05, 0.1) is 29.3 Å². The molecule has 1 aliphatic heterocycles. The number of nitrogens with zero attached hydrogens (tertiary/aromatic N) is 5. The lowest BCUT2D eigenvalue weighted by Gasteiger charge is -2.15. The first-order valence-corrected chi connectivity index (χ1v) is 13.2. The lowest BCUT2D eigenvalue weighted by Crippen LogP contribution is -2.25. The normalized spacial score (nSPS) is 13.9. The minimum atomic E-state index is -0.510. The standard InChI is InChI=1S/C30H26FN7O2/c31-20-9-18(10-21(39)12-20)23-3-4-33-30-24(23)13-27(35-30)29-25-14-26(34-17-28(25)36-37-29)19-11-22(16-32-15-19)40-8-7-38-5-1-2-6-38/h3-4,9-17,39H,1-2,5-8H2,(H,33,35)(H,36,37). The van der Waals surface area contributed by atoms with Crippen molar-refractivity contribution in [1.82, 2.24) is 35.0 Å². The van der Waals surface area contributed by atoms with Crippen LogP contribution in [0.1, 0.15) is 12.8 Å². The van der Waals surface area contributed by atoms with Gasteiger partial charge in [0.15, 0.2) is 0 Å². The number of phenolic OH excluding ortho intramolecular Hbond substituents is 1. The second-order valence-electron chi connectivity index (χ2n) is 10.00. The second kappa shape index (κ2) is 10.0. The molecule has 40 heavy (non-hydrogen) atoms. The SMILES string of the molecule is Oc1cc(F)cc(-c2ccnc3[nH]c(-c4n[nH]c5cnc(-c6cncc(OCCN7CCCC7)c6)cc45)cc23)c1. The number of likely N-dealkylation sites (tertiary alicyclic amines) is 1. The molecule has 3 N–H and O–H groups in total. The van der Waals surface area contributed by atoms with Crippen LogP contribution >= 0.6 is 0 Å². The fourth-order valence-corrected chi connectivity index (χ4v) is 5.35. The smallest absolute Gasteiger partial charge is 0.138 e. The number of hydrogen-bond donors (Lipinski definition) is 3. The molecule has 1 fully saturated rings. The number of aromatic amines is 2. The molecule has 0 unspecified atom stereocenters. The molecular weight excluding hydrogens is 509 g/mol. The maximum atomic E-state index is 14.0. The molecule has 1 aromatic carbocycles. The van der Waals surface area contributed by atoms with Crippen molar-refractivity contribution >= 4 is 21.9 Å². The molecule has 0 bridgehead atoms. The van der Waals surface area contributed by atoms with E-state index in [0.717, 1.165) is 64.5 Å². The number of aromatic nitrogens is 6. The first-order chi connectivity index (χ1) is 19.6. The van der Waals surface area contributed by atoms with E-state index >= 15 is 0 Å². The van der Waals surface area contributed by atoms with Crippen molar-refractivity contribution in [3.8, 4) is 45.3 Å². The Morgan fingerprint density at radius 3 is 2.73 bits per heavy atom. The van der Waals surface area contributed by atoms with E-state index in [1.165, 1.54) is 25.0 Å². The molecule has 0 aliphatic carbocycles. The zero-order valence-corrected chi connectivity index (χ0v) is 21.6. The van der Waals surface area contributed by atoms with Crippen LogP contribution in [0.5, 0.6) is 11.5 Å². The molecule has 10 heteroatoms. The molecule has 1 saturated heterocycles. The fourth-order valence-electron chi connectivity index (χ4n) is 5.35. The van der Waals surface area contributed by atoms with Gasteiger partial charge >= 0.3 is 0 Å². The first-order valence-electron chi connectivity index (χ1n) is 13.2. The highest BCUT2D eigenvalue weighted by Gasteiger charge is 2.17. The number of benzene rings is 1. The summed E-state index contributed by atoms with van der Waals surface area (Å²) >= 11 is 0. The Kier molecular flexibility index (Phi) is 6.09. The van der Waals surface area contributed by atoms with E-state index in [0.29, 0.717) is 29.3 Å². The number of pyridine rings is 3. The molecule has 7 rings (SSSR count). The maximum Gasteiger partial charge on any atom is 0.138 e. The molecule has 0 spiro atoms. The molecule has 6 heterocycles. The Hall–Kier alpha value is -4.83. The number of aromatic hydroxyl groups is 1. The number of ether oxygens (including phenoxy) is 1. The zero-order valence-electron chi connectivity index (χ0n) is 21.6. The Labute approximate surface area is 228 Å². The summed E-state index contributed by atoms with van der Waals surface area (Å²) in [7, 11) is 0. The maximum absolute atomic E-state index is 14.0. The third kappa shape index (κ3) is 4.62. The minimum absolute atomic E-state index is 0.135. The van der Waals surface area contributed by atoms with Gasteiger partial charge in [-0.3, -0.25) is 20.0 Å². The first kappa shape index (κ1) is 24.2. The highest BCUT2D eigenvalue weighted by Crippen LogP contribution is 2.35. The van der Waals surface area contributed by atoms with E-state index in [4.69, 9.17) is 4.74 Å². The number of fused-ring (bicyclic) bond motifs is 2. The predicted octanol–water partition coefficient (Wildman–Crippen LogP) is 5.55. The molecule has 0 amide bonds. The van der Waals surface area contributed by atoms with Gasteiger partial charge in [-0.15, -0.1) is 0 Å². The predicted molar refractivity (Wildman–Crippen MR) is 150 cm³/mol. The van der Waals surface area contributed by atoms with Crippen molar-refractivity contribution < 1.29 is 14.2 Å². The molecule has 6 aromatic rings. The quantitative estimate of drug-likeness (QED) is 0.245. The Bertz CT molecular complexity index is 1820. The largest absolute Gasteiger partial charge is 0.508 e. The number of phenols is 1. The van der Waals surface area contributed by atoms with Crippen LogP contribution in [0.3, 0.4) is 0 Å². The van der Waals surface area contributed by atoms with Crippen molar-refractivity contribution in [2.75, 3.05) is 26.2 Å². The van der Waals surface area contributed by atoms with Gasteiger partial charge in [0.25, 0.3) is 0 Å². The van der Waals surface area contributed by atoms with E-state index in [1.807, 2.05) is 18.2 Å². The Morgan fingerprint density at radius 2 is 1.85 bits per heavy atom. The van der Waals surface area contributed by atoms with Gasteiger partial charge in [0.2, 0.25) is 0 Å². The summed E-state index contributed by atoms with van der Waals surface area (Å²) in [5, 5.41) is 19.2. The lowest BCUT2D eigenvalue weighted by molar-refractivity contribution is 0.237. The topological polar surface area (TPSA) is 116 Å². The highest BCUT2D eigenvalue weighted by atomic mass is 19.1. The molecule has 200 valence electrons. The number of nitrogens with one attached hydrogen (secondary N) is 2. The van der Waals surface area contributed by atoms with Crippen molar-refractivity contribution in [3.05, 3.63) is 73.1 Å². The number of halogens is 1. The van der Waals surface area contributed by atoms with Crippen molar-refractivity contribution in [2.45, 2.75) is 12.8 Å². The summed E-state index contributed by atoms with van der Waals surface area (Å²) in [5.74, 6) is 0.0674. The third-order valence-electron chi connectivity index (χ3n) is 7.31. The number of rotatable bonds is 7. The summed E-state index contributed by atoms with van der Waals surface area (Å²) in [6.45, 7) is 3.81. The summed E-state index contributed by atoms with van der Waals surface area (Å²) in [4.78, 5) is 19.2. The molecule has 9 nitrogen and oxygen atoms in total. The monoisotopic (exact) mass is 535 g/mol. The van der Waals surface area contributed by atoms with E-state index in [2.05, 4.69) is 35.0 Å². The summed E-state index contributed by atoms with van der Waals surface area (Å²) < 4.78 is 20.0. The van der Waals surface area contributed by atoms with E-state index in [9.17, 15) is 9.50 Å². The summed E-state index contributed by atoms with van der Waals surface area (Å²) in [5.41, 5.74) is 5.76. The van der Waals surface area contributed by atoms with Gasteiger partial charge in [0.1, 0.15) is 35.3 Å². The molecule has 0 saturated carbocycles. The van der Waals surface area contributed by atoms with Gasteiger partial charge in [-0.1, -0.05) is 0 Å². The van der Waals surface area contributed by atoms with Gasteiger partial charge in [-0.25, -0.2) is 9.37 Å². The van der Waals surface area contributed by atoms with Gasteiger partial charge < -0.3 is 14.8 Å². The van der Waals surface area contributed by atoms with Crippen molar-refractivity contribution in [3.63, 3.8) is 0 Å². The molecule has 0 atom stereocenters. The van der Waals surface area contributed by atoms with Crippen molar-refractivity contribution in [1.29, 1.82) is 0 Å². The Balaban J connectivity index is 1.21. The summed E-state index contributed by atoms with van der Waals surface area (Å²) in [6, 6.07) is 11.7. The molecule has 1 aliphatic rings. The zero-order chi connectivity index (χ0) is 27.1. The van der Waals surface area contributed by atoms with E-state index in [1.54, 1.807) is 30.9 Å². The van der Waals surface area contributed by atoms with Crippen LogP contribution in [-0.4, -0.2) is 66.4 Å². The molecule has 5 aromatic heterocycles. The minimum Gasteiger partial charge on any atom is -0.508 e. The highest BCUT2D eigenvalue weighted by molar-refractivity contribution is 6.00. The third-order valence-corrected chi connectivity index (χ3v) is 7.31. The van der Waals surface area contributed by atoms with Crippen LogP contribution in [0.2, 0.25) is 0 Å². The van der Waals surface area contributed by atoms with Crippen LogP contribution < -0.4 is 4.74 Å². The van der Waals surface area contributed by atoms with Crippen LogP contribution in [0, 0.1) is 5.82 Å². The lowest BCUT2D eigenvalue weighted by atomic mass is 10.0. The Morgan fingerprint density at radius 1 is 0.950 bits per heavy atom. The van der Waals surface area contributed by atoms with Gasteiger partial charge in [-0.2, -0.15) is 5.10 Å². The van der Waals surface area contributed by atoms with Crippen molar-refractivity contribution in [2.24, 2.45) is 0 Å². The van der Waals surface area contributed by atoms with E-state index < -0.39 is 5.82 Å². The van der Waals surface area contributed by atoms with Crippen LogP contribution in [0.15, 0.2) is 67.3 Å². The molecular formula is C30H26FN7O2. The average Bonchev–Trinajstić information content (AvgIpc) is 3.71. The number of H-pyrrole nitrogens is 2. The summed E-state index contributed by atoms with van der Waals surface area (Å²) in [6.07, 6.45) is 9.42. The molecule has 0 radical (unpaired) electrons.